The summed E-state index contributed by atoms with van der Waals surface area (Å²) in [6.45, 7) is -0.501. The fraction of sp³-hybridized carbons (Fsp3) is 0.800. The second kappa shape index (κ2) is 4.27. The Morgan fingerprint density at radius 2 is 2.00 bits per heavy atom. The Balaban J connectivity index is 3.85. The minimum atomic E-state index is -5.00. The van der Waals surface area contributed by atoms with Crippen LogP contribution in [0.1, 0.15) is 6.42 Å². The van der Waals surface area contributed by atoms with Crippen molar-refractivity contribution in [3.05, 3.63) is 0 Å². The number of alkyl halides is 3. The van der Waals surface area contributed by atoms with Gasteiger partial charge in [-0.25, -0.2) is 0 Å². The van der Waals surface area contributed by atoms with Gasteiger partial charge in [0.15, 0.2) is 0 Å². The van der Waals surface area contributed by atoms with Crippen molar-refractivity contribution in [3.8, 4) is 0 Å². The third kappa shape index (κ3) is 4.14. The number of hydrogen-bond acceptors (Lipinski definition) is 3. The number of hydrogen-bond donors (Lipinski definition) is 3. The van der Waals surface area contributed by atoms with Crippen molar-refractivity contribution in [2.45, 2.75) is 18.8 Å². The molecule has 0 saturated heterocycles. The first-order valence-electron chi connectivity index (χ1n) is 3.04. The molecule has 0 aromatic rings. The number of halogens is 3. The predicted octanol–water partition coefficient (Wildman–Crippen LogP) is -0.634. The summed E-state index contributed by atoms with van der Waals surface area (Å²) in [4.78, 5) is 10.1. The van der Waals surface area contributed by atoms with Crippen molar-refractivity contribution in [1.29, 1.82) is 0 Å². The first kappa shape index (κ1) is 11.2. The largest absolute Gasteiger partial charge is 0.471 e. The highest BCUT2D eigenvalue weighted by molar-refractivity contribution is 5.81. The standard InChI is InChI=1S/C5H8F3NO3/c6-5(7,8)4(12)9-3(11)1-2-10/h3,10-11H,1-2H2,(H,9,12). The van der Waals surface area contributed by atoms with Crippen molar-refractivity contribution in [3.63, 3.8) is 0 Å². The van der Waals surface area contributed by atoms with E-state index in [9.17, 15) is 18.0 Å². The molecule has 0 aromatic heterocycles. The highest BCUT2D eigenvalue weighted by Crippen LogP contribution is 2.14. The predicted molar refractivity (Wildman–Crippen MR) is 31.9 cm³/mol. The molecule has 1 atom stereocenters. The summed E-state index contributed by atoms with van der Waals surface area (Å²) in [6, 6.07) is 0. The second-order valence-electron chi connectivity index (χ2n) is 2.00. The van der Waals surface area contributed by atoms with Crippen LogP contribution in [-0.2, 0) is 4.79 Å². The van der Waals surface area contributed by atoms with Gasteiger partial charge in [-0.1, -0.05) is 0 Å². The zero-order valence-electron chi connectivity index (χ0n) is 5.93. The topological polar surface area (TPSA) is 69.6 Å². The summed E-state index contributed by atoms with van der Waals surface area (Å²) in [5, 5.41) is 18.0. The molecule has 0 fully saturated rings. The highest BCUT2D eigenvalue weighted by atomic mass is 19.4. The van der Waals surface area contributed by atoms with E-state index in [1.54, 1.807) is 0 Å². The lowest BCUT2D eigenvalue weighted by Crippen LogP contribution is -2.43. The molecule has 0 spiro atoms. The van der Waals surface area contributed by atoms with E-state index >= 15 is 0 Å². The van der Waals surface area contributed by atoms with Crippen molar-refractivity contribution in [2.24, 2.45) is 0 Å². The van der Waals surface area contributed by atoms with Crippen LogP contribution in [0.2, 0.25) is 0 Å². The van der Waals surface area contributed by atoms with Gasteiger partial charge in [0.1, 0.15) is 6.23 Å². The van der Waals surface area contributed by atoms with Crippen LogP contribution < -0.4 is 5.32 Å². The lowest BCUT2D eigenvalue weighted by molar-refractivity contribution is -0.176. The van der Waals surface area contributed by atoms with Crippen LogP contribution in [0.4, 0.5) is 13.2 Å². The first-order chi connectivity index (χ1) is 5.38. The van der Waals surface area contributed by atoms with Gasteiger partial charge in [-0.15, -0.1) is 0 Å². The Morgan fingerprint density at radius 3 is 2.33 bits per heavy atom. The van der Waals surface area contributed by atoms with E-state index < -0.39 is 24.9 Å². The minimum absolute atomic E-state index is 0.332. The average molecular weight is 187 g/mol. The van der Waals surface area contributed by atoms with E-state index in [1.165, 1.54) is 5.32 Å². The zero-order chi connectivity index (χ0) is 9.78. The molecule has 0 aliphatic heterocycles. The fourth-order valence-corrected chi connectivity index (χ4v) is 0.428. The average Bonchev–Trinajstić information content (AvgIpc) is 1.85. The van der Waals surface area contributed by atoms with Gasteiger partial charge in [0.05, 0.1) is 0 Å². The summed E-state index contributed by atoms with van der Waals surface area (Å²) in [7, 11) is 0. The maximum absolute atomic E-state index is 11.5. The molecule has 0 aliphatic rings. The zero-order valence-corrected chi connectivity index (χ0v) is 5.93. The van der Waals surface area contributed by atoms with Gasteiger partial charge < -0.3 is 15.5 Å². The van der Waals surface area contributed by atoms with E-state index in [-0.39, 0.29) is 6.42 Å². The Morgan fingerprint density at radius 1 is 1.50 bits per heavy atom. The molecule has 0 saturated carbocycles. The molecule has 0 heterocycles. The van der Waals surface area contributed by atoms with Crippen LogP contribution in [0.25, 0.3) is 0 Å². The van der Waals surface area contributed by atoms with E-state index in [4.69, 9.17) is 10.2 Å². The molecule has 0 bridgehead atoms. The van der Waals surface area contributed by atoms with Crippen LogP contribution in [0.5, 0.6) is 0 Å². The Hall–Kier alpha value is -0.820. The van der Waals surface area contributed by atoms with Crippen LogP contribution in [0.15, 0.2) is 0 Å². The third-order valence-corrected chi connectivity index (χ3v) is 0.958. The molecule has 12 heavy (non-hydrogen) atoms. The molecular formula is C5H8F3NO3. The maximum Gasteiger partial charge on any atom is 0.471 e. The molecule has 4 nitrogen and oxygen atoms in total. The number of aliphatic hydroxyl groups excluding tert-OH is 2. The quantitative estimate of drug-likeness (QED) is 0.515. The Bertz CT molecular complexity index is 159. The molecule has 0 radical (unpaired) electrons. The van der Waals surface area contributed by atoms with Gasteiger partial charge in [0, 0.05) is 13.0 Å². The van der Waals surface area contributed by atoms with Crippen LogP contribution in [0, 0.1) is 0 Å². The summed E-state index contributed by atoms with van der Waals surface area (Å²) in [5.74, 6) is -2.22. The first-order valence-corrected chi connectivity index (χ1v) is 3.04. The van der Waals surface area contributed by atoms with E-state index in [0.29, 0.717) is 0 Å². The van der Waals surface area contributed by atoms with Gasteiger partial charge in [-0.05, 0) is 0 Å². The van der Waals surface area contributed by atoms with Crippen LogP contribution in [-0.4, -0.2) is 35.1 Å². The molecule has 1 unspecified atom stereocenters. The normalized spacial score (nSPS) is 14.1. The van der Waals surface area contributed by atoms with Crippen molar-refractivity contribution in [2.75, 3.05) is 6.61 Å². The monoisotopic (exact) mass is 187 g/mol. The van der Waals surface area contributed by atoms with E-state index in [2.05, 4.69) is 0 Å². The summed E-state index contributed by atoms with van der Waals surface area (Å²) < 4.78 is 34.4. The number of carbonyl (C=O) groups is 1. The highest BCUT2D eigenvalue weighted by Gasteiger charge is 2.39. The molecule has 0 rings (SSSR count). The molecule has 72 valence electrons. The molecule has 7 heteroatoms. The SMILES string of the molecule is O=C(NC(O)CCO)C(F)(F)F. The minimum Gasteiger partial charge on any atom is -0.396 e. The molecule has 1 amide bonds. The second-order valence-corrected chi connectivity index (χ2v) is 2.00. The lowest BCUT2D eigenvalue weighted by atomic mass is 10.4. The number of rotatable bonds is 3. The number of aliphatic hydroxyl groups is 2. The van der Waals surface area contributed by atoms with Crippen molar-refractivity contribution < 1.29 is 28.2 Å². The fourth-order valence-electron chi connectivity index (χ4n) is 0.428. The smallest absolute Gasteiger partial charge is 0.396 e. The Labute approximate surface area is 66.0 Å². The number of carbonyl (C=O) groups excluding carboxylic acids is 1. The summed E-state index contributed by atoms with van der Waals surface area (Å²) >= 11 is 0. The lowest BCUT2D eigenvalue weighted by Gasteiger charge is -2.12. The van der Waals surface area contributed by atoms with Gasteiger partial charge >= 0.3 is 12.1 Å². The number of nitrogens with one attached hydrogen (secondary N) is 1. The summed E-state index contributed by atoms with van der Waals surface area (Å²) in [5.41, 5.74) is 0. The number of amides is 1. The van der Waals surface area contributed by atoms with Crippen LogP contribution in [0.3, 0.4) is 0 Å². The molecule has 0 aromatic carbocycles. The van der Waals surface area contributed by atoms with E-state index in [0.717, 1.165) is 0 Å². The van der Waals surface area contributed by atoms with Gasteiger partial charge in [0.25, 0.3) is 0 Å². The Kier molecular flexibility index (Phi) is 3.98. The van der Waals surface area contributed by atoms with Crippen molar-refractivity contribution >= 4 is 5.91 Å². The van der Waals surface area contributed by atoms with E-state index in [1.807, 2.05) is 0 Å². The van der Waals surface area contributed by atoms with Gasteiger partial charge in [0.2, 0.25) is 0 Å². The van der Waals surface area contributed by atoms with Gasteiger partial charge in [-0.2, -0.15) is 13.2 Å². The van der Waals surface area contributed by atoms with Crippen LogP contribution >= 0.6 is 0 Å². The van der Waals surface area contributed by atoms with Crippen molar-refractivity contribution in [1.82, 2.24) is 5.32 Å². The molecular weight excluding hydrogens is 179 g/mol. The molecule has 3 N–H and O–H groups in total. The maximum atomic E-state index is 11.5. The molecule has 0 aliphatic carbocycles. The summed E-state index contributed by atoms with van der Waals surface area (Å²) in [6.07, 6.45) is -7.00. The third-order valence-electron chi connectivity index (χ3n) is 0.958. The van der Waals surface area contributed by atoms with Gasteiger partial charge in [-0.3, -0.25) is 4.79 Å².